The van der Waals surface area contributed by atoms with Crippen molar-refractivity contribution in [2.45, 2.75) is 114 Å². The van der Waals surface area contributed by atoms with Crippen molar-refractivity contribution in [3.8, 4) is 44.9 Å². The number of hydrogen-bond donors (Lipinski definition) is 5. The lowest BCUT2D eigenvalue weighted by atomic mass is 9.89. The molecule has 4 saturated heterocycles. The van der Waals surface area contributed by atoms with Crippen molar-refractivity contribution in [1.29, 1.82) is 0 Å². The van der Waals surface area contributed by atoms with Crippen LogP contribution < -0.4 is 10.6 Å². The second kappa shape index (κ2) is 27.0. The van der Waals surface area contributed by atoms with Crippen LogP contribution in [0.5, 0.6) is 0 Å². The fourth-order valence-electron chi connectivity index (χ4n) is 13.0. The SMILES string of the molecule is COC(=O)N[C@H](C(=O)N1CCC[C@H]1c1ncc(-c2ccc(-c3ccc(-c4cnc([C@@H]5[C@H]6CC[C@H](C6)N5C(=O)[C@@H](NC(=O)OC)C5CCOCC5)[nH]4)cc3)cc2)[nH]1)C(C)C.O=C(OCc1ccccc1)N1CCC[C@H]1c1ncc(-c2ccc(Br)cc2)[nH]1. The van der Waals surface area contributed by atoms with Crippen molar-refractivity contribution >= 4 is 46.0 Å². The minimum absolute atomic E-state index is 0.0233. The highest BCUT2D eigenvalue weighted by Crippen LogP contribution is 2.50. The minimum atomic E-state index is -0.689. The summed E-state index contributed by atoms with van der Waals surface area (Å²) in [4.78, 5) is 94.8. The van der Waals surface area contributed by atoms with Gasteiger partial charge in [-0.15, -0.1) is 0 Å². The van der Waals surface area contributed by atoms with Gasteiger partial charge < -0.3 is 54.3 Å². The molecular weight excluding hydrogens is 1160 g/mol. The van der Waals surface area contributed by atoms with E-state index >= 15 is 0 Å². The molecule has 3 aromatic heterocycles. The third-order valence-electron chi connectivity index (χ3n) is 17.5. The number of carbonyl (C=O) groups excluding carboxylic acids is 5. The van der Waals surface area contributed by atoms with Crippen LogP contribution in [0.15, 0.2) is 126 Å². The van der Waals surface area contributed by atoms with Gasteiger partial charge in [0.15, 0.2) is 0 Å². The van der Waals surface area contributed by atoms with E-state index in [0.29, 0.717) is 45.1 Å². The maximum Gasteiger partial charge on any atom is 0.410 e. The average Bonchev–Trinajstić information content (AvgIpc) is 2.29. The monoisotopic (exact) mass is 1230 g/mol. The summed E-state index contributed by atoms with van der Waals surface area (Å²) in [5.41, 5.74) is 8.82. The number of nitrogens with one attached hydrogen (secondary N) is 5. The van der Waals surface area contributed by atoms with Crippen molar-refractivity contribution in [2.75, 3.05) is 40.5 Å². The number of hydrogen-bond acceptors (Lipinski definition) is 12. The van der Waals surface area contributed by atoms with Gasteiger partial charge >= 0.3 is 18.3 Å². The number of carbonyl (C=O) groups is 5. The number of amides is 5. The lowest BCUT2D eigenvalue weighted by Gasteiger charge is -2.39. The first kappa shape index (κ1) is 59.4. The third kappa shape index (κ3) is 13.2. The van der Waals surface area contributed by atoms with E-state index in [1.165, 1.54) is 14.2 Å². The highest BCUT2D eigenvalue weighted by molar-refractivity contribution is 9.10. The van der Waals surface area contributed by atoms with Gasteiger partial charge in [0.05, 0.1) is 68.0 Å². The van der Waals surface area contributed by atoms with Crippen LogP contribution in [-0.4, -0.2) is 133 Å². The molecule has 21 heteroatoms. The molecule has 4 aromatic carbocycles. The van der Waals surface area contributed by atoms with Gasteiger partial charge in [0, 0.05) is 36.8 Å². The number of nitrogens with zero attached hydrogens (tertiary/aromatic N) is 6. The summed E-state index contributed by atoms with van der Waals surface area (Å²) in [5, 5.41) is 5.57. The Hall–Kier alpha value is -8.30. The second-order valence-electron chi connectivity index (χ2n) is 23.1. The fraction of sp³-hybridized carbons (Fsp3) is 0.415. The number of aromatic amines is 3. The number of alkyl carbamates (subject to hydrolysis) is 2. The van der Waals surface area contributed by atoms with Gasteiger partial charge in [-0.25, -0.2) is 29.3 Å². The summed E-state index contributed by atoms with van der Waals surface area (Å²) >= 11 is 3.45. The number of benzene rings is 4. The van der Waals surface area contributed by atoms with E-state index in [0.717, 1.165) is 117 Å². The largest absolute Gasteiger partial charge is 0.453 e. The Morgan fingerprint density at radius 1 is 0.616 bits per heavy atom. The quantitative estimate of drug-likeness (QED) is 0.0602. The molecule has 12 rings (SSSR count). The van der Waals surface area contributed by atoms with Crippen molar-refractivity contribution in [1.82, 2.24) is 55.2 Å². The van der Waals surface area contributed by atoms with Crippen molar-refractivity contribution < 1.29 is 42.9 Å². The number of piperidine rings is 1. The Morgan fingerprint density at radius 2 is 1.13 bits per heavy atom. The van der Waals surface area contributed by atoms with Gasteiger partial charge in [0.2, 0.25) is 11.8 Å². The molecule has 86 heavy (non-hydrogen) atoms. The number of ether oxygens (including phenoxy) is 4. The molecule has 1 saturated carbocycles. The second-order valence-corrected chi connectivity index (χ2v) is 24.0. The molecule has 2 bridgehead atoms. The van der Waals surface area contributed by atoms with E-state index in [1.807, 2.05) is 90.6 Å². The Morgan fingerprint density at radius 3 is 1.70 bits per heavy atom. The number of fused-ring (bicyclic) bond motifs is 2. The summed E-state index contributed by atoms with van der Waals surface area (Å²) in [6, 6.07) is 32.7. The summed E-state index contributed by atoms with van der Waals surface area (Å²) < 4.78 is 21.8. The number of methoxy groups -OCH3 is 2. The molecule has 7 atom stereocenters. The Labute approximate surface area is 508 Å². The number of imidazole rings is 3. The molecule has 450 valence electrons. The molecule has 0 spiro atoms. The Balaban J connectivity index is 0.000000236. The molecule has 7 heterocycles. The van der Waals surface area contributed by atoms with Crippen LogP contribution in [0, 0.1) is 17.8 Å². The molecular formula is C65H74BrN11O9. The predicted molar refractivity (Wildman–Crippen MR) is 326 cm³/mol. The van der Waals surface area contributed by atoms with E-state index in [4.69, 9.17) is 23.9 Å². The molecule has 5 fully saturated rings. The van der Waals surface area contributed by atoms with Gasteiger partial charge in [0.1, 0.15) is 36.2 Å². The zero-order chi connectivity index (χ0) is 59.8. The van der Waals surface area contributed by atoms with Crippen LogP contribution in [0.2, 0.25) is 0 Å². The van der Waals surface area contributed by atoms with E-state index in [-0.39, 0.29) is 60.5 Å². The highest BCUT2D eigenvalue weighted by Gasteiger charge is 2.52. The van der Waals surface area contributed by atoms with Crippen LogP contribution in [0.1, 0.15) is 113 Å². The minimum Gasteiger partial charge on any atom is -0.453 e. The first-order valence-corrected chi connectivity index (χ1v) is 30.6. The molecule has 7 aromatic rings. The molecule has 4 aliphatic heterocycles. The molecule has 5 amide bonds. The summed E-state index contributed by atoms with van der Waals surface area (Å²) in [7, 11) is 2.61. The van der Waals surface area contributed by atoms with Crippen molar-refractivity contribution in [2.24, 2.45) is 17.8 Å². The number of likely N-dealkylation sites (tertiary alicyclic amines) is 3. The van der Waals surface area contributed by atoms with Crippen LogP contribution in [0.25, 0.3) is 44.9 Å². The summed E-state index contributed by atoms with van der Waals surface area (Å²) in [6.07, 6.45) is 11.7. The van der Waals surface area contributed by atoms with Gasteiger partial charge in [-0.2, -0.15) is 0 Å². The number of rotatable bonds is 15. The first-order chi connectivity index (χ1) is 41.8. The van der Waals surface area contributed by atoms with Crippen molar-refractivity contribution in [3.63, 3.8) is 0 Å². The van der Waals surface area contributed by atoms with E-state index in [9.17, 15) is 24.0 Å². The maximum atomic E-state index is 14.3. The van der Waals surface area contributed by atoms with Crippen LogP contribution in [0.3, 0.4) is 0 Å². The Bertz CT molecular complexity index is 3460. The third-order valence-corrected chi connectivity index (χ3v) is 18.0. The van der Waals surface area contributed by atoms with E-state index < -0.39 is 24.3 Å². The molecule has 0 unspecified atom stereocenters. The number of H-pyrrole nitrogens is 3. The predicted octanol–water partition coefficient (Wildman–Crippen LogP) is 11.7. The van der Waals surface area contributed by atoms with Gasteiger partial charge in [0.25, 0.3) is 0 Å². The normalized spacial score (nSPS) is 20.7. The standard InChI is InChI=1S/C44H54N8O7.C21H20BrN3O2/c1-25(2)36(49-43(55)57-3)41(53)51-19-5-6-35(51)39-45-23-33(47-39)28-11-7-26(8-12-28)27-9-13-29(14-10-27)34-24-46-40(48-34)38-31-15-16-32(22-31)52(38)42(54)37(50-44(56)58-4)30-17-20-59-21-18-30;22-17-10-8-16(9-11-17)18-13-23-20(24-18)19-7-4-12-25(19)21(26)27-14-15-5-2-1-3-6-15/h7-14,23-25,30-32,35-38H,5-6,15-22H2,1-4H3,(H,45,47)(H,46,48)(H,49,55)(H,50,56);1-3,5-6,8-11,13,19H,4,7,12,14H2,(H,23,24)/t31-,32+,35-,36-,37-,38-;19-/m00/s1. The zero-order valence-corrected chi connectivity index (χ0v) is 50.5. The van der Waals surface area contributed by atoms with Gasteiger partial charge in [-0.05, 0) is 121 Å². The highest BCUT2D eigenvalue weighted by atomic mass is 79.9. The fourth-order valence-corrected chi connectivity index (χ4v) is 13.2. The maximum absolute atomic E-state index is 14.3. The molecule has 0 radical (unpaired) electrons. The van der Waals surface area contributed by atoms with E-state index in [2.05, 4.69) is 100 Å². The first-order valence-electron chi connectivity index (χ1n) is 29.8. The average molecular weight is 1230 g/mol. The van der Waals surface area contributed by atoms with E-state index in [1.54, 1.807) is 11.1 Å². The molecule has 5 aliphatic rings. The van der Waals surface area contributed by atoms with Gasteiger partial charge in [-0.3, -0.25) is 14.5 Å². The van der Waals surface area contributed by atoms with Crippen LogP contribution in [0.4, 0.5) is 14.4 Å². The topological polar surface area (TPSA) is 242 Å². The molecule has 5 N–H and O–H groups in total. The van der Waals surface area contributed by atoms with Crippen molar-refractivity contribution in [3.05, 3.63) is 149 Å². The molecule has 1 aliphatic carbocycles. The summed E-state index contributed by atoms with van der Waals surface area (Å²) in [6.45, 7) is 6.50. The molecule has 20 nitrogen and oxygen atoms in total. The van der Waals surface area contributed by atoms with Gasteiger partial charge in [-0.1, -0.05) is 121 Å². The zero-order valence-electron chi connectivity index (χ0n) is 48.9. The summed E-state index contributed by atoms with van der Waals surface area (Å²) in [5.74, 6) is 2.27. The number of aromatic nitrogens is 6. The lowest BCUT2D eigenvalue weighted by Crippen LogP contribution is -2.55. The Kier molecular flexibility index (Phi) is 18.6. The van der Waals surface area contributed by atoms with Crippen LogP contribution in [-0.2, 0) is 35.1 Å². The smallest absolute Gasteiger partial charge is 0.410 e. The lowest BCUT2D eigenvalue weighted by molar-refractivity contribution is -0.140. The number of halogens is 1. The van der Waals surface area contributed by atoms with Crippen LogP contribution >= 0.6 is 15.9 Å².